The van der Waals surface area contributed by atoms with Crippen LogP contribution in [-0.4, -0.2) is 18.0 Å². The second-order valence-electron chi connectivity index (χ2n) is 4.30. The Morgan fingerprint density at radius 2 is 2.06 bits per heavy atom. The minimum atomic E-state index is -1.02. The molecule has 3 nitrogen and oxygen atoms in total. The topological polar surface area (TPSA) is 55.1 Å². The summed E-state index contributed by atoms with van der Waals surface area (Å²) >= 11 is 0. The summed E-state index contributed by atoms with van der Waals surface area (Å²) in [5.74, 6) is -2.39. The zero-order chi connectivity index (χ0) is 12.4. The number of nitrogens with two attached hydrogens (primary N) is 1. The highest BCUT2D eigenvalue weighted by Crippen LogP contribution is 2.18. The second-order valence-corrected chi connectivity index (χ2v) is 4.30. The zero-order valence-corrected chi connectivity index (χ0v) is 9.25. The summed E-state index contributed by atoms with van der Waals surface area (Å²) in [6.07, 6.45) is 2.68. The molecule has 0 bridgehead atoms. The van der Waals surface area contributed by atoms with Crippen molar-refractivity contribution in [2.75, 3.05) is 0 Å². The summed E-state index contributed by atoms with van der Waals surface area (Å²) in [5.41, 5.74) is 5.92. The Bertz CT molecular complexity index is 437. The molecule has 1 saturated carbocycles. The van der Waals surface area contributed by atoms with E-state index < -0.39 is 17.5 Å². The predicted octanol–water partition coefficient (Wildman–Crippen LogP) is 1.57. The molecular weight excluding hydrogens is 226 g/mol. The molecule has 1 aromatic carbocycles. The van der Waals surface area contributed by atoms with Gasteiger partial charge in [0.05, 0.1) is 0 Å². The zero-order valence-electron chi connectivity index (χ0n) is 9.25. The average Bonchev–Trinajstić information content (AvgIpc) is 2.68. The average molecular weight is 240 g/mol. The second kappa shape index (κ2) is 4.79. The normalized spacial score (nSPS) is 23.7. The number of benzene rings is 1. The fraction of sp³-hybridized carbons (Fsp3) is 0.417. The quantitative estimate of drug-likeness (QED) is 0.824. The van der Waals surface area contributed by atoms with E-state index in [1.54, 1.807) is 0 Å². The molecular formula is C12H14F2N2O. The number of amides is 1. The molecule has 92 valence electrons. The minimum Gasteiger partial charge on any atom is -0.348 e. The van der Waals surface area contributed by atoms with Gasteiger partial charge in [-0.25, -0.2) is 8.78 Å². The van der Waals surface area contributed by atoms with Crippen molar-refractivity contribution in [1.82, 2.24) is 5.32 Å². The first-order valence-corrected chi connectivity index (χ1v) is 5.59. The number of rotatable bonds is 2. The number of carbonyl (C=O) groups excluding carboxylic acids is 1. The molecule has 1 fully saturated rings. The van der Waals surface area contributed by atoms with E-state index in [0.29, 0.717) is 0 Å². The van der Waals surface area contributed by atoms with Crippen molar-refractivity contribution in [3.05, 3.63) is 35.4 Å². The van der Waals surface area contributed by atoms with Gasteiger partial charge in [-0.3, -0.25) is 4.79 Å². The van der Waals surface area contributed by atoms with Gasteiger partial charge in [-0.2, -0.15) is 0 Å². The van der Waals surface area contributed by atoms with Gasteiger partial charge >= 0.3 is 0 Å². The molecule has 2 atom stereocenters. The van der Waals surface area contributed by atoms with Crippen LogP contribution in [0.4, 0.5) is 8.78 Å². The van der Waals surface area contributed by atoms with Gasteiger partial charge in [-0.15, -0.1) is 0 Å². The van der Waals surface area contributed by atoms with Crippen molar-refractivity contribution >= 4 is 5.91 Å². The highest BCUT2D eigenvalue weighted by atomic mass is 19.2. The molecule has 1 aromatic rings. The van der Waals surface area contributed by atoms with E-state index in [4.69, 9.17) is 5.73 Å². The van der Waals surface area contributed by atoms with E-state index in [0.717, 1.165) is 31.4 Å². The van der Waals surface area contributed by atoms with E-state index in [1.807, 2.05) is 0 Å². The lowest BCUT2D eigenvalue weighted by atomic mass is 10.1. The van der Waals surface area contributed by atoms with Crippen molar-refractivity contribution in [2.45, 2.75) is 31.3 Å². The van der Waals surface area contributed by atoms with E-state index in [9.17, 15) is 13.6 Å². The van der Waals surface area contributed by atoms with Gasteiger partial charge in [-0.05, 0) is 37.5 Å². The molecule has 3 N–H and O–H groups in total. The molecule has 0 aliphatic heterocycles. The Kier molecular flexibility index (Phi) is 3.38. The van der Waals surface area contributed by atoms with Gasteiger partial charge in [0.15, 0.2) is 11.6 Å². The lowest BCUT2D eigenvalue weighted by Crippen LogP contribution is -2.44. The summed E-state index contributed by atoms with van der Waals surface area (Å²) in [5, 5.41) is 2.74. The van der Waals surface area contributed by atoms with Crippen LogP contribution in [0.2, 0.25) is 0 Å². The summed E-state index contributed by atoms with van der Waals surface area (Å²) in [6.45, 7) is 0. The maximum absolute atomic E-state index is 13.0. The Hall–Kier alpha value is -1.49. The summed E-state index contributed by atoms with van der Waals surface area (Å²) in [7, 11) is 0. The maximum Gasteiger partial charge on any atom is 0.251 e. The third-order valence-electron chi connectivity index (χ3n) is 3.07. The van der Waals surface area contributed by atoms with Crippen molar-refractivity contribution in [3.63, 3.8) is 0 Å². The van der Waals surface area contributed by atoms with Gasteiger partial charge in [0, 0.05) is 17.6 Å². The molecule has 1 amide bonds. The van der Waals surface area contributed by atoms with Gasteiger partial charge in [0.1, 0.15) is 0 Å². The van der Waals surface area contributed by atoms with Crippen molar-refractivity contribution in [2.24, 2.45) is 5.73 Å². The SMILES string of the molecule is NC1CCCC1NC(=O)c1ccc(F)c(F)c1. The molecule has 2 unspecified atom stereocenters. The fourth-order valence-electron chi connectivity index (χ4n) is 2.06. The van der Waals surface area contributed by atoms with Gasteiger partial charge in [-0.1, -0.05) is 0 Å². The molecule has 17 heavy (non-hydrogen) atoms. The van der Waals surface area contributed by atoms with Crippen molar-refractivity contribution in [1.29, 1.82) is 0 Å². The first-order chi connectivity index (χ1) is 8.08. The number of halogens is 2. The van der Waals surface area contributed by atoms with Gasteiger partial charge in [0.25, 0.3) is 5.91 Å². The van der Waals surface area contributed by atoms with Crippen molar-refractivity contribution < 1.29 is 13.6 Å². The van der Waals surface area contributed by atoms with Crippen LogP contribution in [0, 0.1) is 11.6 Å². The van der Waals surface area contributed by atoms with Crippen LogP contribution in [0.1, 0.15) is 29.6 Å². The van der Waals surface area contributed by atoms with Crippen molar-refractivity contribution in [3.8, 4) is 0 Å². The number of hydrogen-bond donors (Lipinski definition) is 2. The van der Waals surface area contributed by atoms with Gasteiger partial charge < -0.3 is 11.1 Å². The molecule has 0 aromatic heterocycles. The maximum atomic E-state index is 13.0. The third kappa shape index (κ3) is 2.61. The Balaban J connectivity index is 2.06. The molecule has 0 heterocycles. The smallest absolute Gasteiger partial charge is 0.251 e. The molecule has 2 rings (SSSR count). The van der Waals surface area contributed by atoms with E-state index >= 15 is 0 Å². The largest absolute Gasteiger partial charge is 0.348 e. The molecule has 0 saturated heterocycles. The lowest BCUT2D eigenvalue weighted by molar-refractivity contribution is 0.0934. The molecule has 0 radical (unpaired) electrons. The van der Waals surface area contributed by atoms with Crippen LogP contribution in [0.3, 0.4) is 0 Å². The fourth-order valence-corrected chi connectivity index (χ4v) is 2.06. The van der Waals surface area contributed by atoms with E-state index in [2.05, 4.69) is 5.32 Å². The Labute approximate surface area is 98.0 Å². The van der Waals surface area contributed by atoms with Crippen LogP contribution in [-0.2, 0) is 0 Å². The number of carbonyl (C=O) groups is 1. The van der Waals surface area contributed by atoms with Crippen LogP contribution in [0.15, 0.2) is 18.2 Å². The van der Waals surface area contributed by atoms with Crippen LogP contribution in [0.25, 0.3) is 0 Å². The Morgan fingerprint density at radius 3 is 2.65 bits per heavy atom. The lowest BCUT2D eigenvalue weighted by Gasteiger charge is -2.17. The Morgan fingerprint density at radius 1 is 1.29 bits per heavy atom. The summed E-state index contributed by atoms with van der Waals surface area (Å²) < 4.78 is 25.7. The van der Waals surface area contributed by atoms with Crippen LogP contribution < -0.4 is 11.1 Å². The highest BCUT2D eigenvalue weighted by molar-refractivity contribution is 5.94. The third-order valence-corrected chi connectivity index (χ3v) is 3.07. The first-order valence-electron chi connectivity index (χ1n) is 5.59. The minimum absolute atomic E-state index is 0.0516. The van der Waals surface area contributed by atoms with Gasteiger partial charge in [0.2, 0.25) is 0 Å². The molecule has 5 heteroatoms. The molecule has 0 spiro atoms. The highest BCUT2D eigenvalue weighted by Gasteiger charge is 2.25. The standard InChI is InChI=1S/C12H14F2N2O/c13-8-5-4-7(6-9(8)14)12(17)16-11-3-1-2-10(11)15/h4-6,10-11H,1-3,15H2,(H,16,17). The monoisotopic (exact) mass is 240 g/mol. The molecule has 1 aliphatic rings. The number of nitrogens with one attached hydrogen (secondary N) is 1. The van der Waals surface area contributed by atoms with Crippen LogP contribution in [0.5, 0.6) is 0 Å². The van der Waals surface area contributed by atoms with E-state index in [1.165, 1.54) is 6.07 Å². The number of hydrogen-bond acceptors (Lipinski definition) is 2. The summed E-state index contributed by atoms with van der Waals surface area (Å²) in [6, 6.07) is 2.97. The van der Waals surface area contributed by atoms with E-state index in [-0.39, 0.29) is 17.6 Å². The first kappa shape index (κ1) is 12.0. The predicted molar refractivity (Wildman–Crippen MR) is 59.4 cm³/mol. The summed E-state index contributed by atoms with van der Waals surface area (Å²) in [4.78, 5) is 11.8. The molecule has 1 aliphatic carbocycles. The van der Waals surface area contributed by atoms with Crippen LogP contribution >= 0.6 is 0 Å².